The van der Waals surface area contributed by atoms with Crippen molar-refractivity contribution >= 4 is 28.5 Å². The first-order valence-corrected chi connectivity index (χ1v) is 8.69. The second-order valence-corrected chi connectivity index (χ2v) is 7.20. The van der Waals surface area contributed by atoms with Gasteiger partial charge in [-0.05, 0) is 78.9 Å². The molecule has 21 heavy (non-hydrogen) atoms. The van der Waals surface area contributed by atoms with E-state index in [4.69, 9.17) is 0 Å². The van der Waals surface area contributed by atoms with E-state index in [0.717, 1.165) is 38.4 Å². The molecule has 0 radical (unpaired) electrons. The van der Waals surface area contributed by atoms with Gasteiger partial charge in [0.2, 0.25) is 0 Å². The summed E-state index contributed by atoms with van der Waals surface area (Å²) < 4.78 is 13.8. The van der Waals surface area contributed by atoms with Gasteiger partial charge in [-0.25, -0.2) is 4.39 Å². The predicted molar refractivity (Wildman–Crippen MR) is 88.8 cm³/mol. The summed E-state index contributed by atoms with van der Waals surface area (Å²) >= 11 is 2.03. The normalized spacial score (nSPS) is 19.8. The van der Waals surface area contributed by atoms with Crippen molar-refractivity contribution in [1.82, 2.24) is 10.2 Å². The minimum absolute atomic E-state index is 0.0278. The number of nitrogens with zero attached hydrogens (tertiary/aromatic N) is 1. The highest BCUT2D eigenvalue weighted by Gasteiger charge is 2.27. The summed E-state index contributed by atoms with van der Waals surface area (Å²) in [6.45, 7) is 2.71. The number of halogens is 2. The molecule has 1 heterocycles. The molecule has 1 saturated carbocycles. The number of benzene rings is 1. The SMILES string of the molecule is O=C(c1ccc(F)cc1I)N1CCC(NCC2CC2)CC1. The van der Waals surface area contributed by atoms with Crippen LogP contribution in [0.15, 0.2) is 18.2 Å². The van der Waals surface area contributed by atoms with Crippen LogP contribution in [-0.4, -0.2) is 36.5 Å². The van der Waals surface area contributed by atoms with E-state index in [-0.39, 0.29) is 11.7 Å². The molecule has 0 unspecified atom stereocenters. The van der Waals surface area contributed by atoms with Crippen LogP contribution in [0.5, 0.6) is 0 Å². The highest BCUT2D eigenvalue weighted by molar-refractivity contribution is 14.1. The topological polar surface area (TPSA) is 32.3 Å². The van der Waals surface area contributed by atoms with Crippen LogP contribution in [0.25, 0.3) is 0 Å². The van der Waals surface area contributed by atoms with E-state index in [9.17, 15) is 9.18 Å². The minimum atomic E-state index is -0.293. The van der Waals surface area contributed by atoms with E-state index < -0.39 is 0 Å². The van der Waals surface area contributed by atoms with Crippen molar-refractivity contribution in [1.29, 1.82) is 0 Å². The van der Waals surface area contributed by atoms with E-state index in [0.29, 0.717) is 15.2 Å². The van der Waals surface area contributed by atoms with Gasteiger partial charge in [0.15, 0.2) is 0 Å². The van der Waals surface area contributed by atoms with Crippen molar-refractivity contribution in [2.24, 2.45) is 5.92 Å². The zero-order valence-corrected chi connectivity index (χ0v) is 14.1. The fourth-order valence-electron chi connectivity index (χ4n) is 2.78. The van der Waals surface area contributed by atoms with Gasteiger partial charge < -0.3 is 10.2 Å². The molecule has 1 N–H and O–H groups in total. The number of amides is 1. The van der Waals surface area contributed by atoms with E-state index in [1.807, 2.05) is 27.5 Å². The quantitative estimate of drug-likeness (QED) is 0.786. The molecule has 5 heteroatoms. The Labute approximate surface area is 138 Å². The van der Waals surface area contributed by atoms with E-state index in [1.54, 1.807) is 6.07 Å². The van der Waals surface area contributed by atoms with Gasteiger partial charge in [-0.3, -0.25) is 4.79 Å². The molecule has 2 aliphatic rings. The highest BCUT2D eigenvalue weighted by atomic mass is 127. The standard InChI is InChI=1S/C16H20FIN2O/c17-12-3-4-14(15(18)9-12)16(21)20-7-5-13(6-8-20)19-10-11-1-2-11/h3-4,9,11,13,19H,1-2,5-8,10H2. The molecule has 0 aromatic heterocycles. The van der Waals surface area contributed by atoms with Crippen molar-refractivity contribution in [3.8, 4) is 0 Å². The van der Waals surface area contributed by atoms with Gasteiger partial charge in [0, 0.05) is 22.7 Å². The number of rotatable bonds is 4. The third-order valence-electron chi connectivity index (χ3n) is 4.34. The average molecular weight is 402 g/mol. The summed E-state index contributed by atoms with van der Waals surface area (Å²) in [7, 11) is 0. The molecular weight excluding hydrogens is 382 g/mol. The monoisotopic (exact) mass is 402 g/mol. The summed E-state index contributed by atoms with van der Waals surface area (Å²) in [4.78, 5) is 14.4. The van der Waals surface area contributed by atoms with Crippen molar-refractivity contribution in [3.05, 3.63) is 33.1 Å². The number of hydrogen-bond donors (Lipinski definition) is 1. The average Bonchev–Trinajstić information content (AvgIpc) is 3.29. The maximum absolute atomic E-state index is 13.1. The van der Waals surface area contributed by atoms with Crippen LogP contribution >= 0.6 is 22.6 Å². The summed E-state index contributed by atoms with van der Waals surface area (Å²) in [6, 6.07) is 4.91. The third kappa shape index (κ3) is 3.94. The number of hydrogen-bond acceptors (Lipinski definition) is 2. The largest absolute Gasteiger partial charge is 0.338 e. The van der Waals surface area contributed by atoms with Gasteiger partial charge in [-0.15, -0.1) is 0 Å². The van der Waals surface area contributed by atoms with Crippen molar-refractivity contribution in [2.45, 2.75) is 31.7 Å². The lowest BCUT2D eigenvalue weighted by Gasteiger charge is -2.32. The van der Waals surface area contributed by atoms with Gasteiger partial charge >= 0.3 is 0 Å². The highest BCUT2D eigenvalue weighted by Crippen LogP contribution is 2.28. The van der Waals surface area contributed by atoms with Gasteiger partial charge in [-0.1, -0.05) is 0 Å². The van der Waals surface area contributed by atoms with E-state index >= 15 is 0 Å². The summed E-state index contributed by atoms with van der Waals surface area (Å²) in [5, 5.41) is 3.61. The predicted octanol–water partition coefficient (Wildman–Crippen LogP) is 3.03. The van der Waals surface area contributed by atoms with Crippen molar-refractivity contribution in [2.75, 3.05) is 19.6 Å². The smallest absolute Gasteiger partial charge is 0.254 e. The number of carbonyl (C=O) groups is 1. The molecule has 1 saturated heterocycles. The molecule has 1 aliphatic heterocycles. The Morgan fingerprint density at radius 3 is 2.62 bits per heavy atom. The molecule has 0 spiro atoms. The zero-order chi connectivity index (χ0) is 14.8. The second kappa shape index (κ2) is 6.60. The zero-order valence-electron chi connectivity index (χ0n) is 11.9. The molecule has 1 amide bonds. The Hall–Kier alpha value is -0.690. The minimum Gasteiger partial charge on any atom is -0.338 e. The Kier molecular flexibility index (Phi) is 4.78. The van der Waals surface area contributed by atoms with Crippen molar-refractivity contribution < 1.29 is 9.18 Å². The van der Waals surface area contributed by atoms with Crippen LogP contribution in [-0.2, 0) is 0 Å². The Morgan fingerprint density at radius 2 is 2.00 bits per heavy atom. The molecule has 114 valence electrons. The van der Waals surface area contributed by atoms with Crippen LogP contribution in [0, 0.1) is 15.3 Å². The Morgan fingerprint density at radius 1 is 1.29 bits per heavy atom. The van der Waals surface area contributed by atoms with Gasteiger partial charge in [0.25, 0.3) is 5.91 Å². The summed E-state index contributed by atoms with van der Waals surface area (Å²) in [5.74, 6) is 0.629. The van der Waals surface area contributed by atoms with Crippen LogP contribution in [0.2, 0.25) is 0 Å². The van der Waals surface area contributed by atoms with Crippen LogP contribution in [0.1, 0.15) is 36.0 Å². The van der Waals surface area contributed by atoms with E-state index in [2.05, 4.69) is 5.32 Å². The lowest BCUT2D eigenvalue weighted by Crippen LogP contribution is -2.45. The molecule has 1 aliphatic carbocycles. The molecule has 1 aromatic carbocycles. The molecule has 2 fully saturated rings. The first-order chi connectivity index (χ1) is 10.1. The van der Waals surface area contributed by atoms with Gasteiger partial charge in [-0.2, -0.15) is 0 Å². The molecule has 1 aromatic rings. The maximum Gasteiger partial charge on any atom is 0.254 e. The Bertz CT molecular complexity index is 525. The molecule has 0 atom stereocenters. The molecule has 0 bridgehead atoms. The number of piperidine rings is 1. The number of likely N-dealkylation sites (tertiary alicyclic amines) is 1. The fourth-order valence-corrected chi connectivity index (χ4v) is 3.48. The lowest BCUT2D eigenvalue weighted by atomic mass is 10.0. The summed E-state index contributed by atoms with van der Waals surface area (Å²) in [6.07, 6.45) is 4.76. The lowest BCUT2D eigenvalue weighted by molar-refractivity contribution is 0.0704. The van der Waals surface area contributed by atoms with Gasteiger partial charge in [0.1, 0.15) is 5.82 Å². The maximum atomic E-state index is 13.1. The van der Waals surface area contributed by atoms with Crippen LogP contribution in [0.3, 0.4) is 0 Å². The first kappa shape index (κ1) is 15.2. The first-order valence-electron chi connectivity index (χ1n) is 7.61. The fraction of sp³-hybridized carbons (Fsp3) is 0.562. The summed E-state index contributed by atoms with van der Waals surface area (Å²) in [5.41, 5.74) is 0.612. The van der Waals surface area contributed by atoms with Gasteiger partial charge in [0.05, 0.1) is 5.56 Å². The molecule has 3 rings (SSSR count). The van der Waals surface area contributed by atoms with Crippen LogP contribution in [0.4, 0.5) is 4.39 Å². The third-order valence-corrected chi connectivity index (χ3v) is 5.23. The van der Waals surface area contributed by atoms with E-state index in [1.165, 1.54) is 25.0 Å². The second-order valence-electron chi connectivity index (χ2n) is 6.04. The Balaban J connectivity index is 1.54. The molecule has 3 nitrogen and oxygen atoms in total. The molecular formula is C16H20FIN2O. The number of nitrogens with one attached hydrogen (secondary N) is 1. The number of carbonyl (C=O) groups excluding carboxylic acids is 1. The van der Waals surface area contributed by atoms with Crippen molar-refractivity contribution in [3.63, 3.8) is 0 Å². The van der Waals surface area contributed by atoms with Crippen LogP contribution < -0.4 is 5.32 Å².